The summed E-state index contributed by atoms with van der Waals surface area (Å²) < 4.78 is 0. The molecule has 0 aliphatic carbocycles. The first kappa shape index (κ1) is 14.9. The van der Waals surface area contributed by atoms with E-state index in [0.717, 1.165) is 17.1 Å². The standard InChI is InChI=1S/C12H17N3O4/c1-7(2)11(12(13)19)14-8(16)5-6-15-9(17)3-4-10(15)18/h3-4,7,11H,5-6H2,1-2H3,(H2,13,19)(H,14,16)/t11-/m0/s1. The molecule has 7 nitrogen and oxygen atoms in total. The number of amides is 4. The Labute approximate surface area is 110 Å². The summed E-state index contributed by atoms with van der Waals surface area (Å²) in [4.78, 5) is 46.2. The van der Waals surface area contributed by atoms with Crippen LogP contribution in [0.3, 0.4) is 0 Å². The SMILES string of the molecule is CC(C)[C@H](NC(=O)CCN1C(=O)C=CC1=O)C(N)=O. The first-order valence-corrected chi connectivity index (χ1v) is 5.95. The van der Waals surface area contributed by atoms with E-state index in [2.05, 4.69) is 5.32 Å². The summed E-state index contributed by atoms with van der Waals surface area (Å²) in [5, 5.41) is 2.49. The zero-order valence-corrected chi connectivity index (χ0v) is 10.9. The van der Waals surface area contributed by atoms with Gasteiger partial charge in [-0.1, -0.05) is 13.8 Å². The smallest absolute Gasteiger partial charge is 0.253 e. The highest BCUT2D eigenvalue weighted by molar-refractivity contribution is 6.13. The number of nitrogens with two attached hydrogens (primary N) is 1. The van der Waals surface area contributed by atoms with Crippen molar-refractivity contribution in [1.29, 1.82) is 0 Å². The number of carbonyl (C=O) groups excluding carboxylic acids is 4. The molecule has 19 heavy (non-hydrogen) atoms. The lowest BCUT2D eigenvalue weighted by molar-refractivity contribution is -0.137. The molecule has 0 aromatic rings. The maximum atomic E-state index is 11.6. The van der Waals surface area contributed by atoms with Crippen LogP contribution in [0.1, 0.15) is 20.3 Å². The molecule has 0 aromatic carbocycles. The van der Waals surface area contributed by atoms with Crippen LogP contribution in [-0.4, -0.2) is 41.1 Å². The predicted molar refractivity (Wildman–Crippen MR) is 66.4 cm³/mol. The molecule has 3 N–H and O–H groups in total. The van der Waals surface area contributed by atoms with Gasteiger partial charge in [0.25, 0.3) is 11.8 Å². The summed E-state index contributed by atoms with van der Waals surface area (Å²) in [6.45, 7) is 3.50. The lowest BCUT2D eigenvalue weighted by atomic mass is 10.0. The molecular weight excluding hydrogens is 250 g/mol. The second-order valence-corrected chi connectivity index (χ2v) is 4.60. The Hall–Kier alpha value is -2.18. The quantitative estimate of drug-likeness (QED) is 0.597. The molecule has 0 saturated heterocycles. The van der Waals surface area contributed by atoms with Crippen LogP contribution in [0.25, 0.3) is 0 Å². The molecule has 7 heteroatoms. The molecule has 0 fully saturated rings. The van der Waals surface area contributed by atoms with Crippen molar-refractivity contribution >= 4 is 23.6 Å². The van der Waals surface area contributed by atoms with Gasteiger partial charge in [0.1, 0.15) is 6.04 Å². The van der Waals surface area contributed by atoms with Crippen molar-refractivity contribution in [2.45, 2.75) is 26.3 Å². The van der Waals surface area contributed by atoms with Gasteiger partial charge in [-0.2, -0.15) is 0 Å². The minimum absolute atomic E-state index is 0.0138. The van der Waals surface area contributed by atoms with E-state index in [4.69, 9.17) is 5.73 Å². The van der Waals surface area contributed by atoms with Crippen LogP contribution in [0.15, 0.2) is 12.2 Å². The zero-order valence-electron chi connectivity index (χ0n) is 10.9. The van der Waals surface area contributed by atoms with E-state index in [1.165, 1.54) is 0 Å². The summed E-state index contributed by atoms with van der Waals surface area (Å²) in [5.74, 6) is -2.04. The fraction of sp³-hybridized carbons (Fsp3) is 0.500. The Morgan fingerprint density at radius 2 is 1.79 bits per heavy atom. The van der Waals surface area contributed by atoms with Crippen molar-refractivity contribution in [1.82, 2.24) is 10.2 Å². The largest absolute Gasteiger partial charge is 0.368 e. The Bertz CT molecular complexity index is 424. The summed E-state index contributed by atoms with van der Waals surface area (Å²) in [6, 6.07) is -0.754. The zero-order chi connectivity index (χ0) is 14.6. The van der Waals surface area contributed by atoms with Gasteiger partial charge < -0.3 is 11.1 Å². The number of nitrogens with one attached hydrogen (secondary N) is 1. The minimum Gasteiger partial charge on any atom is -0.368 e. The van der Waals surface area contributed by atoms with Crippen molar-refractivity contribution in [3.05, 3.63) is 12.2 Å². The van der Waals surface area contributed by atoms with Gasteiger partial charge in [0.05, 0.1) is 0 Å². The second kappa shape index (κ2) is 6.12. The molecule has 0 aromatic heterocycles. The van der Waals surface area contributed by atoms with E-state index >= 15 is 0 Å². The number of primary amides is 1. The average Bonchev–Trinajstić information content (AvgIpc) is 2.62. The molecule has 0 saturated carbocycles. The van der Waals surface area contributed by atoms with Crippen molar-refractivity contribution in [3.63, 3.8) is 0 Å². The molecule has 4 amide bonds. The molecule has 0 unspecified atom stereocenters. The van der Waals surface area contributed by atoms with Gasteiger partial charge in [0, 0.05) is 25.1 Å². The third-order valence-electron chi connectivity index (χ3n) is 2.75. The van der Waals surface area contributed by atoms with Crippen LogP contribution in [0.4, 0.5) is 0 Å². The maximum absolute atomic E-state index is 11.6. The normalized spacial score (nSPS) is 16.1. The highest BCUT2D eigenvalue weighted by Crippen LogP contribution is 2.05. The van der Waals surface area contributed by atoms with Crippen LogP contribution < -0.4 is 11.1 Å². The van der Waals surface area contributed by atoms with Gasteiger partial charge in [0.2, 0.25) is 11.8 Å². The van der Waals surface area contributed by atoms with Crippen molar-refractivity contribution in [2.24, 2.45) is 11.7 Å². The van der Waals surface area contributed by atoms with Crippen molar-refractivity contribution in [2.75, 3.05) is 6.54 Å². The number of imide groups is 1. The fourth-order valence-electron chi connectivity index (χ4n) is 1.68. The average molecular weight is 267 g/mol. The summed E-state index contributed by atoms with van der Waals surface area (Å²) in [7, 11) is 0. The lowest BCUT2D eigenvalue weighted by Crippen LogP contribution is -2.48. The molecule has 1 heterocycles. The Balaban J connectivity index is 2.46. The molecule has 1 rings (SSSR count). The third kappa shape index (κ3) is 3.90. The first-order valence-electron chi connectivity index (χ1n) is 5.95. The Morgan fingerprint density at radius 3 is 2.21 bits per heavy atom. The van der Waals surface area contributed by atoms with Crippen molar-refractivity contribution < 1.29 is 19.2 Å². The lowest BCUT2D eigenvalue weighted by Gasteiger charge is -2.20. The van der Waals surface area contributed by atoms with Crippen LogP contribution in [-0.2, 0) is 19.2 Å². The van der Waals surface area contributed by atoms with Crippen LogP contribution in [0, 0.1) is 5.92 Å². The highest BCUT2D eigenvalue weighted by atomic mass is 16.2. The van der Waals surface area contributed by atoms with E-state index in [9.17, 15) is 19.2 Å². The van der Waals surface area contributed by atoms with E-state index in [1.807, 2.05) is 0 Å². The van der Waals surface area contributed by atoms with Gasteiger partial charge in [-0.15, -0.1) is 0 Å². The molecule has 1 aliphatic heterocycles. The molecule has 0 spiro atoms. The summed E-state index contributed by atoms with van der Waals surface area (Å²) in [5.41, 5.74) is 5.17. The summed E-state index contributed by atoms with van der Waals surface area (Å²) in [6.07, 6.45) is 2.25. The number of hydrogen-bond donors (Lipinski definition) is 2. The first-order chi connectivity index (χ1) is 8.82. The second-order valence-electron chi connectivity index (χ2n) is 4.60. The third-order valence-corrected chi connectivity index (χ3v) is 2.75. The predicted octanol–water partition coefficient (Wildman–Crippen LogP) is -1.07. The highest BCUT2D eigenvalue weighted by Gasteiger charge is 2.25. The van der Waals surface area contributed by atoms with Gasteiger partial charge in [-0.25, -0.2) is 0 Å². The molecule has 104 valence electrons. The van der Waals surface area contributed by atoms with Gasteiger partial charge in [-0.3, -0.25) is 24.1 Å². The minimum atomic E-state index is -0.754. The van der Waals surface area contributed by atoms with Crippen molar-refractivity contribution in [3.8, 4) is 0 Å². The molecule has 0 radical (unpaired) electrons. The summed E-state index contributed by atoms with van der Waals surface area (Å²) >= 11 is 0. The van der Waals surface area contributed by atoms with E-state index < -0.39 is 29.7 Å². The van der Waals surface area contributed by atoms with E-state index in [0.29, 0.717) is 0 Å². The van der Waals surface area contributed by atoms with Crippen LogP contribution >= 0.6 is 0 Å². The van der Waals surface area contributed by atoms with Gasteiger partial charge in [-0.05, 0) is 5.92 Å². The Kier molecular flexibility index (Phi) is 4.80. The molecule has 0 bridgehead atoms. The molecular formula is C12H17N3O4. The van der Waals surface area contributed by atoms with Crippen LogP contribution in [0.5, 0.6) is 0 Å². The topological polar surface area (TPSA) is 110 Å². The van der Waals surface area contributed by atoms with Crippen LogP contribution in [0.2, 0.25) is 0 Å². The fourth-order valence-corrected chi connectivity index (χ4v) is 1.68. The number of nitrogens with zero attached hydrogens (tertiary/aromatic N) is 1. The Morgan fingerprint density at radius 1 is 1.26 bits per heavy atom. The molecule has 1 atom stereocenters. The van der Waals surface area contributed by atoms with E-state index in [-0.39, 0.29) is 18.9 Å². The van der Waals surface area contributed by atoms with E-state index in [1.54, 1.807) is 13.8 Å². The van der Waals surface area contributed by atoms with Gasteiger partial charge >= 0.3 is 0 Å². The molecule has 1 aliphatic rings. The maximum Gasteiger partial charge on any atom is 0.253 e. The monoisotopic (exact) mass is 267 g/mol. The number of rotatable bonds is 6. The number of hydrogen-bond acceptors (Lipinski definition) is 4. The number of carbonyl (C=O) groups is 4. The van der Waals surface area contributed by atoms with Gasteiger partial charge in [0.15, 0.2) is 0 Å².